The molecule has 1 fully saturated rings. The summed E-state index contributed by atoms with van der Waals surface area (Å²) in [7, 11) is 0. The molecule has 8 heteroatoms. The Labute approximate surface area is 170 Å². The number of carbonyl (C=O) groups is 1. The number of ketones is 1. The van der Waals surface area contributed by atoms with Gasteiger partial charge in [-0.05, 0) is 30.0 Å². The number of amidine groups is 1. The monoisotopic (exact) mass is 419 g/mol. The Morgan fingerprint density at radius 2 is 1.93 bits per heavy atom. The molecule has 0 bridgehead atoms. The molecule has 1 aromatic heterocycles. The van der Waals surface area contributed by atoms with Crippen LogP contribution in [0.3, 0.4) is 0 Å². The van der Waals surface area contributed by atoms with Crippen molar-refractivity contribution in [1.29, 1.82) is 0 Å². The van der Waals surface area contributed by atoms with Crippen molar-refractivity contribution < 1.29 is 18.0 Å². The Balaban J connectivity index is 1.88. The Bertz CT molecular complexity index is 1090. The molecule has 1 aliphatic heterocycles. The highest BCUT2D eigenvalue weighted by atomic mass is 35.5. The van der Waals surface area contributed by atoms with Gasteiger partial charge in [0.15, 0.2) is 17.4 Å². The number of rotatable bonds is 2. The molecule has 0 amide bonds. The fourth-order valence-corrected chi connectivity index (χ4v) is 4.08. The number of nitrogens with zero attached hydrogens (tertiary/aromatic N) is 2. The van der Waals surface area contributed by atoms with Crippen LogP contribution >= 0.6 is 11.6 Å². The summed E-state index contributed by atoms with van der Waals surface area (Å²) in [5, 5.41) is 3.04. The highest BCUT2D eigenvalue weighted by molar-refractivity contribution is 6.33. The summed E-state index contributed by atoms with van der Waals surface area (Å²) in [6, 6.07) is 3.98. The summed E-state index contributed by atoms with van der Waals surface area (Å²) < 4.78 is 41.2. The molecule has 150 valence electrons. The first kappa shape index (κ1) is 19.6. The average molecular weight is 420 g/mol. The van der Waals surface area contributed by atoms with Crippen LogP contribution in [0.1, 0.15) is 37.9 Å². The van der Waals surface area contributed by atoms with Crippen molar-refractivity contribution in [2.45, 2.75) is 32.7 Å². The summed E-state index contributed by atoms with van der Waals surface area (Å²) in [6.07, 6.45) is 1.75. The molecule has 29 heavy (non-hydrogen) atoms. The molecule has 1 N–H and O–H groups in total. The van der Waals surface area contributed by atoms with Gasteiger partial charge < -0.3 is 5.32 Å². The lowest BCUT2D eigenvalue weighted by molar-refractivity contribution is -0.119. The number of aromatic nitrogens is 1. The van der Waals surface area contributed by atoms with Crippen molar-refractivity contribution in [3.8, 4) is 0 Å². The molecule has 1 aliphatic carbocycles. The number of carbonyl (C=O) groups excluding carboxylic acids is 1. The normalized spacial score (nSPS) is 20.8. The average Bonchev–Trinajstić information content (AvgIpc) is 2.59. The van der Waals surface area contributed by atoms with Gasteiger partial charge in [-0.25, -0.2) is 18.2 Å². The number of Topliss-reactive ketones (excluding diaryl/α,β-unsaturated/α-hetero) is 1. The lowest BCUT2D eigenvalue weighted by Crippen LogP contribution is -2.42. The van der Waals surface area contributed by atoms with Crippen molar-refractivity contribution in [3.05, 3.63) is 69.8 Å². The number of benzene rings is 1. The zero-order valence-electron chi connectivity index (χ0n) is 15.7. The lowest BCUT2D eigenvalue weighted by atomic mass is 9.71. The largest absolute Gasteiger partial charge is 0.338 e. The second-order valence-corrected chi connectivity index (χ2v) is 8.39. The van der Waals surface area contributed by atoms with Crippen LogP contribution in [0.2, 0.25) is 5.02 Å². The maximum Gasteiger partial charge on any atom is 0.163 e. The molecule has 2 aromatic rings. The van der Waals surface area contributed by atoms with E-state index in [1.807, 2.05) is 13.8 Å². The lowest BCUT2D eigenvalue weighted by Gasteiger charge is -2.38. The van der Waals surface area contributed by atoms with Gasteiger partial charge in [0.05, 0.1) is 23.0 Å². The van der Waals surface area contributed by atoms with Gasteiger partial charge >= 0.3 is 0 Å². The van der Waals surface area contributed by atoms with Crippen LogP contribution in [0.5, 0.6) is 0 Å². The molecule has 4 rings (SSSR count). The SMILES string of the molecule is CC1(C)CC(=O)C2=C(c3ccc(F)cc3Cl)NC(c3ncc(F)cc3F)=NC2C1. The predicted molar refractivity (Wildman–Crippen MR) is 104 cm³/mol. The van der Waals surface area contributed by atoms with Crippen LogP contribution in [0.4, 0.5) is 13.2 Å². The zero-order valence-corrected chi connectivity index (χ0v) is 16.4. The Morgan fingerprint density at radius 1 is 1.17 bits per heavy atom. The third-order valence-corrected chi connectivity index (χ3v) is 5.36. The first-order valence-electron chi connectivity index (χ1n) is 9.04. The van der Waals surface area contributed by atoms with Gasteiger partial charge in [0, 0.05) is 23.6 Å². The van der Waals surface area contributed by atoms with Crippen molar-refractivity contribution >= 4 is 28.9 Å². The molecule has 0 saturated heterocycles. The molecule has 1 atom stereocenters. The number of halogens is 4. The molecule has 1 aromatic carbocycles. The van der Waals surface area contributed by atoms with Gasteiger partial charge in [-0.15, -0.1) is 0 Å². The Kier molecular flexibility index (Phi) is 4.73. The van der Waals surface area contributed by atoms with E-state index in [0.29, 0.717) is 35.7 Å². The molecular weight excluding hydrogens is 403 g/mol. The maximum atomic E-state index is 14.4. The highest BCUT2D eigenvalue weighted by Crippen LogP contribution is 2.42. The molecular formula is C21H17ClF3N3O. The molecule has 1 saturated carbocycles. The summed E-state index contributed by atoms with van der Waals surface area (Å²) in [4.78, 5) is 21.3. The standard InChI is InChI=1S/C21H17ClF3N3O/c1-21(2)7-15-17(16(29)8-21)18(12-4-3-10(23)5-13(12)22)28-20(27-15)19-14(25)6-11(24)9-26-19/h3-6,9,15H,7-8H2,1-2H3,(H,27,28). The van der Waals surface area contributed by atoms with Crippen LogP contribution in [0, 0.1) is 22.9 Å². The fraction of sp³-hybridized carbons (Fsp3) is 0.286. The van der Waals surface area contributed by atoms with Crippen LogP contribution in [0.25, 0.3) is 5.70 Å². The van der Waals surface area contributed by atoms with Crippen LogP contribution < -0.4 is 5.32 Å². The second-order valence-electron chi connectivity index (χ2n) is 7.98. The third-order valence-electron chi connectivity index (χ3n) is 5.05. The van der Waals surface area contributed by atoms with E-state index in [4.69, 9.17) is 11.6 Å². The molecule has 2 heterocycles. The second kappa shape index (κ2) is 6.99. The van der Waals surface area contributed by atoms with Crippen LogP contribution in [0.15, 0.2) is 41.0 Å². The zero-order chi connectivity index (χ0) is 20.9. The van der Waals surface area contributed by atoms with Crippen molar-refractivity contribution in [1.82, 2.24) is 10.3 Å². The maximum absolute atomic E-state index is 14.4. The Morgan fingerprint density at radius 3 is 2.62 bits per heavy atom. The van der Waals surface area contributed by atoms with E-state index in [2.05, 4.69) is 15.3 Å². The van der Waals surface area contributed by atoms with Crippen molar-refractivity contribution in [3.63, 3.8) is 0 Å². The van der Waals surface area contributed by atoms with Crippen LogP contribution in [-0.2, 0) is 4.79 Å². The van der Waals surface area contributed by atoms with E-state index in [1.165, 1.54) is 12.1 Å². The van der Waals surface area contributed by atoms with Gasteiger partial charge in [-0.3, -0.25) is 9.79 Å². The number of nitrogens with one attached hydrogen (secondary N) is 1. The molecule has 0 spiro atoms. The molecule has 2 aliphatic rings. The minimum absolute atomic E-state index is 0.0668. The molecule has 1 unspecified atom stereocenters. The summed E-state index contributed by atoms with van der Waals surface area (Å²) in [5.41, 5.74) is 0.692. The first-order chi connectivity index (χ1) is 13.6. The third kappa shape index (κ3) is 3.67. The summed E-state index contributed by atoms with van der Waals surface area (Å²) in [6.45, 7) is 3.92. The molecule has 0 radical (unpaired) electrons. The summed E-state index contributed by atoms with van der Waals surface area (Å²) in [5.74, 6) is -2.25. The predicted octanol–water partition coefficient (Wildman–Crippen LogP) is 4.67. The molecule has 4 nitrogen and oxygen atoms in total. The van der Waals surface area contributed by atoms with Crippen molar-refractivity contribution in [2.24, 2.45) is 10.4 Å². The van der Waals surface area contributed by atoms with E-state index in [-0.39, 0.29) is 27.8 Å². The summed E-state index contributed by atoms with van der Waals surface area (Å²) >= 11 is 6.24. The fourth-order valence-electron chi connectivity index (χ4n) is 3.82. The minimum atomic E-state index is -0.884. The van der Waals surface area contributed by atoms with Gasteiger partial charge in [0.1, 0.15) is 17.3 Å². The van der Waals surface area contributed by atoms with Crippen molar-refractivity contribution in [2.75, 3.05) is 0 Å². The Hall–Kier alpha value is -2.67. The van der Waals surface area contributed by atoms with Gasteiger partial charge in [-0.1, -0.05) is 25.4 Å². The van der Waals surface area contributed by atoms with Gasteiger partial charge in [0.2, 0.25) is 0 Å². The smallest absolute Gasteiger partial charge is 0.163 e. The van der Waals surface area contributed by atoms with Gasteiger partial charge in [0.25, 0.3) is 0 Å². The van der Waals surface area contributed by atoms with E-state index in [0.717, 1.165) is 12.3 Å². The topological polar surface area (TPSA) is 54.4 Å². The quantitative estimate of drug-likeness (QED) is 0.769. The number of aliphatic imine (C=N–C) groups is 1. The highest BCUT2D eigenvalue weighted by Gasteiger charge is 2.41. The minimum Gasteiger partial charge on any atom is -0.338 e. The van der Waals surface area contributed by atoms with E-state index in [1.54, 1.807) is 0 Å². The number of pyridine rings is 1. The van der Waals surface area contributed by atoms with E-state index in [9.17, 15) is 18.0 Å². The number of hydrogen-bond acceptors (Lipinski definition) is 4. The number of hydrogen-bond donors (Lipinski definition) is 1. The van der Waals surface area contributed by atoms with Crippen LogP contribution in [-0.4, -0.2) is 22.6 Å². The first-order valence-corrected chi connectivity index (χ1v) is 9.41. The van der Waals surface area contributed by atoms with Gasteiger partial charge in [-0.2, -0.15) is 0 Å². The number of fused-ring (bicyclic) bond motifs is 1. The van der Waals surface area contributed by atoms with E-state index >= 15 is 0 Å². The van der Waals surface area contributed by atoms with E-state index < -0.39 is 23.5 Å².